The van der Waals surface area contributed by atoms with Gasteiger partial charge in [0.25, 0.3) is 5.91 Å². The second-order valence-corrected chi connectivity index (χ2v) is 8.89. The number of anilines is 1. The molecule has 144 valence electrons. The summed E-state index contributed by atoms with van der Waals surface area (Å²) < 4.78 is 33.8. The van der Waals surface area contributed by atoms with Crippen molar-refractivity contribution in [2.24, 2.45) is 0 Å². The number of methoxy groups -OCH3 is 1. The molecule has 0 atom stereocenters. The van der Waals surface area contributed by atoms with Crippen LogP contribution in [0.15, 0.2) is 45.8 Å². The van der Waals surface area contributed by atoms with Gasteiger partial charge in [-0.15, -0.1) is 0 Å². The summed E-state index contributed by atoms with van der Waals surface area (Å²) in [5.41, 5.74) is 2.25. The van der Waals surface area contributed by atoms with E-state index in [2.05, 4.69) is 20.7 Å². The lowest BCUT2D eigenvalue weighted by Gasteiger charge is -2.19. The lowest BCUT2D eigenvalue weighted by Crippen LogP contribution is -2.29. The zero-order valence-corrected chi connectivity index (χ0v) is 17.6. The van der Waals surface area contributed by atoms with Crippen molar-refractivity contribution in [3.05, 3.63) is 52.0 Å². The fourth-order valence-electron chi connectivity index (χ4n) is 3.07. The maximum Gasteiger partial charge on any atom is 0.258 e. The molecule has 27 heavy (non-hydrogen) atoms. The van der Waals surface area contributed by atoms with E-state index in [1.54, 1.807) is 11.0 Å². The van der Waals surface area contributed by atoms with Crippen LogP contribution in [0.1, 0.15) is 29.3 Å². The van der Waals surface area contributed by atoms with Gasteiger partial charge in [0, 0.05) is 28.8 Å². The quantitative estimate of drug-likeness (QED) is 0.728. The molecule has 1 heterocycles. The summed E-state index contributed by atoms with van der Waals surface area (Å²) in [6.45, 7) is 2.76. The summed E-state index contributed by atoms with van der Waals surface area (Å²) in [6.07, 6.45) is 1.43. The zero-order chi connectivity index (χ0) is 19.6. The van der Waals surface area contributed by atoms with Crippen molar-refractivity contribution in [1.29, 1.82) is 0 Å². The summed E-state index contributed by atoms with van der Waals surface area (Å²) >= 11 is 3.44. The molecule has 2 aromatic rings. The minimum atomic E-state index is -3.76. The van der Waals surface area contributed by atoms with Gasteiger partial charge in [0.1, 0.15) is 10.6 Å². The number of sulfonamides is 1. The van der Waals surface area contributed by atoms with Crippen molar-refractivity contribution in [1.82, 2.24) is 4.72 Å². The minimum absolute atomic E-state index is 0.0282. The molecular weight excluding hydrogens is 432 g/mol. The van der Waals surface area contributed by atoms with Crippen LogP contribution >= 0.6 is 15.9 Å². The third kappa shape index (κ3) is 4.02. The van der Waals surface area contributed by atoms with Gasteiger partial charge in [-0.05, 0) is 54.8 Å². The molecule has 1 N–H and O–H groups in total. The van der Waals surface area contributed by atoms with Crippen molar-refractivity contribution in [2.45, 2.75) is 24.7 Å². The smallest absolute Gasteiger partial charge is 0.258 e. The Balaban J connectivity index is 1.97. The SMILES string of the molecule is CCCNS(=O)(=O)c1cc(C(=O)N2CCc3cc(Br)ccc32)ccc1OC. The molecule has 2 aromatic carbocycles. The van der Waals surface area contributed by atoms with E-state index in [9.17, 15) is 13.2 Å². The molecule has 0 aromatic heterocycles. The number of fused-ring (bicyclic) bond motifs is 1. The molecule has 3 rings (SSSR count). The summed E-state index contributed by atoms with van der Waals surface area (Å²) in [5, 5.41) is 0. The second-order valence-electron chi connectivity index (χ2n) is 6.24. The van der Waals surface area contributed by atoms with Crippen molar-refractivity contribution < 1.29 is 17.9 Å². The fraction of sp³-hybridized carbons (Fsp3) is 0.316. The first-order valence-corrected chi connectivity index (χ1v) is 10.9. The molecule has 0 radical (unpaired) electrons. The Morgan fingerprint density at radius 1 is 1.26 bits per heavy atom. The van der Waals surface area contributed by atoms with Gasteiger partial charge in [-0.25, -0.2) is 13.1 Å². The number of halogens is 1. The molecule has 0 aliphatic carbocycles. The number of rotatable bonds is 6. The van der Waals surface area contributed by atoms with E-state index in [0.29, 0.717) is 25.1 Å². The van der Waals surface area contributed by atoms with Crippen molar-refractivity contribution >= 4 is 37.5 Å². The average molecular weight is 453 g/mol. The summed E-state index contributed by atoms with van der Waals surface area (Å²) in [7, 11) is -2.36. The monoisotopic (exact) mass is 452 g/mol. The van der Waals surface area contributed by atoms with E-state index >= 15 is 0 Å². The predicted molar refractivity (Wildman–Crippen MR) is 108 cm³/mol. The van der Waals surface area contributed by atoms with Crippen LogP contribution in [-0.4, -0.2) is 34.5 Å². The molecule has 0 unspecified atom stereocenters. The number of nitrogens with zero attached hydrogens (tertiary/aromatic N) is 1. The number of nitrogens with one attached hydrogen (secondary N) is 1. The standard InChI is InChI=1S/C19H21BrN2O4S/c1-3-9-21-27(24,25)18-12-14(4-7-17(18)26-2)19(23)22-10-8-13-11-15(20)5-6-16(13)22/h4-7,11-12,21H,3,8-10H2,1-2H3. The lowest BCUT2D eigenvalue weighted by molar-refractivity contribution is 0.0989. The first-order valence-electron chi connectivity index (χ1n) is 8.65. The van der Waals surface area contributed by atoms with Gasteiger partial charge in [0.2, 0.25) is 10.0 Å². The van der Waals surface area contributed by atoms with E-state index in [0.717, 1.165) is 22.1 Å². The van der Waals surface area contributed by atoms with Gasteiger partial charge in [-0.1, -0.05) is 22.9 Å². The fourth-order valence-corrected chi connectivity index (χ4v) is 4.81. The molecule has 1 aliphatic rings. The van der Waals surface area contributed by atoms with Crippen LogP contribution in [0, 0.1) is 0 Å². The highest BCUT2D eigenvalue weighted by atomic mass is 79.9. The van der Waals surface area contributed by atoms with Crippen LogP contribution in [0.2, 0.25) is 0 Å². The van der Waals surface area contributed by atoms with Crippen LogP contribution in [-0.2, 0) is 16.4 Å². The third-order valence-corrected chi connectivity index (χ3v) is 6.40. The lowest BCUT2D eigenvalue weighted by atomic mass is 10.1. The van der Waals surface area contributed by atoms with E-state index in [4.69, 9.17) is 4.74 Å². The first kappa shape index (κ1) is 19.9. The van der Waals surface area contributed by atoms with Crippen LogP contribution in [0.25, 0.3) is 0 Å². The normalized spacial score (nSPS) is 13.5. The molecule has 8 heteroatoms. The van der Waals surface area contributed by atoms with Gasteiger partial charge < -0.3 is 9.64 Å². The van der Waals surface area contributed by atoms with E-state index in [1.165, 1.54) is 19.2 Å². The number of hydrogen-bond acceptors (Lipinski definition) is 4. The van der Waals surface area contributed by atoms with Crippen LogP contribution in [0.3, 0.4) is 0 Å². The molecule has 0 saturated heterocycles. The molecule has 1 aliphatic heterocycles. The maximum absolute atomic E-state index is 13.0. The Labute approximate surface area is 167 Å². The van der Waals surface area contributed by atoms with Gasteiger partial charge in [0.15, 0.2) is 0 Å². The first-order chi connectivity index (χ1) is 12.9. The van der Waals surface area contributed by atoms with Gasteiger partial charge in [-0.2, -0.15) is 0 Å². The van der Waals surface area contributed by atoms with E-state index in [1.807, 2.05) is 25.1 Å². The van der Waals surface area contributed by atoms with E-state index in [-0.39, 0.29) is 16.6 Å². The van der Waals surface area contributed by atoms with Crippen molar-refractivity contribution in [2.75, 3.05) is 25.1 Å². The highest BCUT2D eigenvalue weighted by Gasteiger charge is 2.28. The van der Waals surface area contributed by atoms with Gasteiger partial charge in [0.05, 0.1) is 7.11 Å². The summed E-state index contributed by atoms with van der Waals surface area (Å²) in [6, 6.07) is 10.3. The Kier molecular flexibility index (Phi) is 5.88. The Hall–Kier alpha value is -1.90. The summed E-state index contributed by atoms with van der Waals surface area (Å²) in [5.74, 6) is -0.0217. The Bertz CT molecular complexity index is 976. The number of carbonyl (C=O) groups is 1. The van der Waals surface area contributed by atoms with Crippen LogP contribution in [0.4, 0.5) is 5.69 Å². The highest BCUT2D eigenvalue weighted by Crippen LogP contribution is 2.33. The zero-order valence-electron chi connectivity index (χ0n) is 15.2. The highest BCUT2D eigenvalue weighted by molar-refractivity contribution is 9.10. The molecule has 0 fully saturated rings. The molecule has 1 amide bonds. The number of benzene rings is 2. The van der Waals surface area contributed by atoms with Crippen LogP contribution < -0.4 is 14.4 Å². The number of amides is 1. The number of carbonyl (C=O) groups excluding carboxylic acids is 1. The third-order valence-electron chi connectivity index (χ3n) is 4.42. The van der Waals surface area contributed by atoms with Crippen molar-refractivity contribution in [3.8, 4) is 5.75 Å². The molecule has 0 bridgehead atoms. The van der Waals surface area contributed by atoms with Crippen LogP contribution in [0.5, 0.6) is 5.75 Å². The largest absolute Gasteiger partial charge is 0.495 e. The molecule has 0 saturated carbocycles. The molecular formula is C19H21BrN2O4S. The van der Waals surface area contributed by atoms with Gasteiger partial charge in [-0.3, -0.25) is 4.79 Å². The predicted octanol–water partition coefficient (Wildman–Crippen LogP) is 3.35. The topological polar surface area (TPSA) is 75.7 Å². The molecule has 6 nitrogen and oxygen atoms in total. The number of hydrogen-bond donors (Lipinski definition) is 1. The maximum atomic E-state index is 13.0. The minimum Gasteiger partial charge on any atom is -0.495 e. The van der Waals surface area contributed by atoms with Crippen molar-refractivity contribution in [3.63, 3.8) is 0 Å². The Morgan fingerprint density at radius 2 is 2.04 bits per heavy atom. The summed E-state index contributed by atoms with van der Waals surface area (Å²) in [4.78, 5) is 14.7. The Morgan fingerprint density at radius 3 is 2.74 bits per heavy atom. The van der Waals surface area contributed by atoms with E-state index < -0.39 is 10.0 Å². The average Bonchev–Trinajstić information content (AvgIpc) is 3.08. The number of ether oxygens (including phenoxy) is 1. The van der Waals surface area contributed by atoms with Gasteiger partial charge >= 0.3 is 0 Å². The second kappa shape index (κ2) is 8.00. The molecule has 0 spiro atoms.